The largest absolute Gasteiger partial charge is 0.529 e. The van der Waals surface area contributed by atoms with Crippen LogP contribution in [0.2, 0.25) is 0 Å². The van der Waals surface area contributed by atoms with E-state index in [1.165, 1.54) is 0 Å². The Morgan fingerprint density at radius 1 is 1.43 bits per heavy atom. The van der Waals surface area contributed by atoms with Crippen LogP contribution in [-0.4, -0.2) is 25.3 Å². The highest BCUT2D eigenvalue weighted by molar-refractivity contribution is 7.48. The Balaban J connectivity index is 4.61. The van der Waals surface area contributed by atoms with Gasteiger partial charge in [0.25, 0.3) is 0 Å². The molecular formula is C7H13O6P. The lowest BCUT2D eigenvalue weighted by Gasteiger charge is -2.15. The maximum atomic E-state index is 11.4. The third-order valence-electron chi connectivity index (χ3n) is 1.31. The molecule has 0 amide bonds. The minimum atomic E-state index is -3.64. The summed E-state index contributed by atoms with van der Waals surface area (Å²) in [5.74, 6) is -1.15. The van der Waals surface area contributed by atoms with Gasteiger partial charge >= 0.3 is 13.8 Å². The highest BCUT2D eigenvalue weighted by Crippen LogP contribution is 2.49. The predicted octanol–water partition coefficient (Wildman–Crippen LogP) is 1.78. The molecule has 7 heteroatoms. The summed E-state index contributed by atoms with van der Waals surface area (Å²) in [6.07, 6.45) is 1.09. The summed E-state index contributed by atoms with van der Waals surface area (Å²) in [6.45, 7) is 1.66. The van der Waals surface area contributed by atoms with Crippen molar-refractivity contribution in [2.45, 2.75) is 13.3 Å². The highest BCUT2D eigenvalue weighted by atomic mass is 31.2. The van der Waals surface area contributed by atoms with Gasteiger partial charge in [0.1, 0.15) is 5.76 Å². The number of hydrogen-bond donors (Lipinski definition) is 1. The molecule has 0 aromatic heterocycles. The summed E-state index contributed by atoms with van der Waals surface area (Å²) in [5, 5.41) is 8.43. The summed E-state index contributed by atoms with van der Waals surface area (Å²) >= 11 is 0. The van der Waals surface area contributed by atoms with E-state index in [-0.39, 0.29) is 12.2 Å². The number of carboxylic acids is 1. The van der Waals surface area contributed by atoms with Crippen molar-refractivity contribution in [3.05, 3.63) is 11.8 Å². The zero-order valence-corrected chi connectivity index (χ0v) is 9.11. The van der Waals surface area contributed by atoms with Crippen LogP contribution in [-0.2, 0) is 22.9 Å². The Hall–Kier alpha value is -0.840. The van der Waals surface area contributed by atoms with E-state index in [1.807, 2.05) is 0 Å². The third kappa shape index (κ3) is 4.41. The van der Waals surface area contributed by atoms with Gasteiger partial charge in [-0.25, -0.2) is 9.36 Å². The van der Waals surface area contributed by atoms with Crippen molar-refractivity contribution in [1.82, 2.24) is 0 Å². The Kier molecular flexibility index (Phi) is 5.45. The van der Waals surface area contributed by atoms with Gasteiger partial charge in [-0.05, 0) is 0 Å². The average molecular weight is 224 g/mol. The summed E-state index contributed by atoms with van der Waals surface area (Å²) in [4.78, 5) is 10.3. The summed E-state index contributed by atoms with van der Waals surface area (Å²) in [5.41, 5.74) is 0. The van der Waals surface area contributed by atoms with Gasteiger partial charge in [0.2, 0.25) is 0 Å². The fourth-order valence-corrected chi connectivity index (χ4v) is 1.39. The lowest BCUT2D eigenvalue weighted by atomic mass is 10.4. The van der Waals surface area contributed by atoms with E-state index < -0.39 is 13.8 Å². The van der Waals surface area contributed by atoms with Crippen LogP contribution >= 0.6 is 7.82 Å². The Bertz CT molecular complexity index is 263. The Morgan fingerprint density at radius 3 is 2.21 bits per heavy atom. The molecule has 0 bridgehead atoms. The van der Waals surface area contributed by atoms with Crippen LogP contribution in [0.3, 0.4) is 0 Å². The van der Waals surface area contributed by atoms with Gasteiger partial charge in [-0.15, -0.1) is 0 Å². The number of aliphatic carboxylic acids is 1. The molecule has 0 aromatic rings. The van der Waals surface area contributed by atoms with Crippen LogP contribution in [0.5, 0.6) is 0 Å². The fourth-order valence-electron chi connectivity index (χ4n) is 0.623. The van der Waals surface area contributed by atoms with Crippen LogP contribution in [0.1, 0.15) is 13.3 Å². The van der Waals surface area contributed by atoms with Crippen molar-refractivity contribution in [3.8, 4) is 0 Å². The third-order valence-corrected chi connectivity index (χ3v) is 2.66. The Morgan fingerprint density at radius 2 is 1.93 bits per heavy atom. The minimum Gasteiger partial charge on any atom is -0.478 e. The van der Waals surface area contributed by atoms with Crippen molar-refractivity contribution in [2.24, 2.45) is 0 Å². The van der Waals surface area contributed by atoms with E-state index in [9.17, 15) is 9.36 Å². The summed E-state index contributed by atoms with van der Waals surface area (Å²) in [6, 6.07) is 0. The van der Waals surface area contributed by atoms with Gasteiger partial charge in [0.05, 0.1) is 6.08 Å². The normalized spacial score (nSPS) is 12.6. The molecule has 0 radical (unpaired) electrons. The van der Waals surface area contributed by atoms with E-state index in [1.54, 1.807) is 6.92 Å². The van der Waals surface area contributed by atoms with Crippen LogP contribution in [0.4, 0.5) is 0 Å². The van der Waals surface area contributed by atoms with Gasteiger partial charge in [0.15, 0.2) is 0 Å². The van der Waals surface area contributed by atoms with Crippen LogP contribution in [0, 0.1) is 0 Å². The van der Waals surface area contributed by atoms with E-state index in [0.29, 0.717) is 0 Å². The molecule has 1 N–H and O–H groups in total. The maximum Gasteiger partial charge on any atom is 0.529 e. The van der Waals surface area contributed by atoms with Gasteiger partial charge in [0, 0.05) is 20.6 Å². The summed E-state index contributed by atoms with van der Waals surface area (Å²) < 4.78 is 25.1. The maximum absolute atomic E-state index is 11.4. The minimum absolute atomic E-state index is 0.0320. The number of hydrogen-bond acceptors (Lipinski definition) is 5. The van der Waals surface area contributed by atoms with E-state index in [0.717, 1.165) is 20.3 Å². The fraction of sp³-hybridized carbons (Fsp3) is 0.571. The molecule has 14 heavy (non-hydrogen) atoms. The Labute approximate surface area is 82.1 Å². The lowest BCUT2D eigenvalue weighted by molar-refractivity contribution is -0.131. The second kappa shape index (κ2) is 5.80. The van der Waals surface area contributed by atoms with Crippen molar-refractivity contribution < 1.29 is 28.0 Å². The van der Waals surface area contributed by atoms with Crippen LogP contribution in [0.15, 0.2) is 11.8 Å². The first-order chi connectivity index (χ1) is 6.47. The quantitative estimate of drug-likeness (QED) is 0.420. The second-order valence-electron chi connectivity index (χ2n) is 2.21. The summed E-state index contributed by atoms with van der Waals surface area (Å²) in [7, 11) is -1.34. The van der Waals surface area contributed by atoms with Crippen molar-refractivity contribution in [2.75, 3.05) is 14.2 Å². The molecule has 0 fully saturated rings. The number of carboxylic acid groups (broad SMARTS) is 1. The number of rotatable bonds is 6. The first-order valence-corrected chi connectivity index (χ1v) is 5.28. The molecule has 6 nitrogen and oxygen atoms in total. The van der Waals surface area contributed by atoms with Crippen LogP contribution in [0.25, 0.3) is 0 Å². The van der Waals surface area contributed by atoms with E-state index in [4.69, 9.17) is 9.63 Å². The molecule has 0 heterocycles. The monoisotopic (exact) mass is 224 g/mol. The molecule has 0 rings (SSSR count). The SMILES string of the molecule is CCC(=CC(=O)O)OP(=O)(OC)OC. The molecule has 0 aromatic carbocycles. The van der Waals surface area contributed by atoms with Crippen molar-refractivity contribution in [1.29, 1.82) is 0 Å². The zero-order chi connectivity index (χ0) is 11.2. The predicted molar refractivity (Wildman–Crippen MR) is 48.7 cm³/mol. The number of carbonyl (C=O) groups is 1. The molecule has 0 atom stereocenters. The van der Waals surface area contributed by atoms with Gasteiger partial charge in [-0.2, -0.15) is 0 Å². The first-order valence-electron chi connectivity index (χ1n) is 3.82. The van der Waals surface area contributed by atoms with E-state index >= 15 is 0 Å². The molecule has 0 saturated carbocycles. The second-order valence-corrected chi connectivity index (χ2v) is 4.01. The smallest absolute Gasteiger partial charge is 0.478 e. The van der Waals surface area contributed by atoms with Crippen molar-refractivity contribution >= 4 is 13.8 Å². The molecule has 0 aliphatic heterocycles. The number of allylic oxidation sites excluding steroid dienone is 1. The molecule has 0 aliphatic carbocycles. The van der Waals surface area contributed by atoms with Crippen LogP contribution < -0.4 is 0 Å². The lowest BCUT2D eigenvalue weighted by Crippen LogP contribution is -1.98. The molecule has 0 spiro atoms. The number of phosphoric acid groups is 1. The highest BCUT2D eigenvalue weighted by Gasteiger charge is 2.25. The molecular weight excluding hydrogens is 211 g/mol. The standard InChI is InChI=1S/C7H13O6P/c1-4-6(5-7(8)9)13-14(10,11-2)12-3/h5H,4H2,1-3H3,(H,8,9). The topological polar surface area (TPSA) is 82.1 Å². The molecule has 0 aliphatic rings. The number of phosphoric ester groups is 1. The van der Waals surface area contributed by atoms with Gasteiger partial charge in [-0.1, -0.05) is 6.92 Å². The zero-order valence-electron chi connectivity index (χ0n) is 8.22. The van der Waals surface area contributed by atoms with Crippen molar-refractivity contribution in [3.63, 3.8) is 0 Å². The molecule has 82 valence electrons. The van der Waals surface area contributed by atoms with E-state index in [2.05, 4.69) is 9.05 Å². The molecule has 0 saturated heterocycles. The van der Waals surface area contributed by atoms with Gasteiger partial charge < -0.3 is 9.63 Å². The van der Waals surface area contributed by atoms with Gasteiger partial charge in [-0.3, -0.25) is 9.05 Å². The first kappa shape index (κ1) is 13.2. The molecule has 0 unspecified atom stereocenters. The average Bonchev–Trinajstić information content (AvgIpc) is 2.16.